The molecule has 4 nitrogen and oxygen atoms in total. The van der Waals surface area contributed by atoms with Gasteiger partial charge in [-0.3, -0.25) is 9.67 Å². The second-order valence-electron chi connectivity index (χ2n) is 4.40. The number of aryl methyl sites for hydroxylation is 2. The van der Waals surface area contributed by atoms with Crippen molar-refractivity contribution in [2.24, 2.45) is 7.05 Å². The number of aliphatic hydroxyl groups is 1. The van der Waals surface area contributed by atoms with E-state index in [-0.39, 0.29) is 0 Å². The first-order valence-electron chi connectivity index (χ1n) is 5.77. The summed E-state index contributed by atoms with van der Waals surface area (Å²) in [7, 11) is 1.89. The van der Waals surface area contributed by atoms with Gasteiger partial charge in [-0.2, -0.15) is 5.10 Å². The smallest absolute Gasteiger partial charge is 0.0881 e. The zero-order valence-corrected chi connectivity index (χ0v) is 12.3. The zero-order valence-electron chi connectivity index (χ0n) is 10.7. The number of rotatable bonds is 3. The fourth-order valence-electron chi connectivity index (χ4n) is 2.10. The van der Waals surface area contributed by atoms with Crippen molar-refractivity contribution in [2.45, 2.75) is 26.4 Å². The summed E-state index contributed by atoms with van der Waals surface area (Å²) in [4.78, 5) is 4.28. The summed E-state index contributed by atoms with van der Waals surface area (Å²) in [5.74, 6) is 0. The predicted molar refractivity (Wildman–Crippen MR) is 73.3 cm³/mol. The van der Waals surface area contributed by atoms with E-state index in [1.165, 1.54) is 0 Å². The molecule has 0 aromatic carbocycles. The van der Waals surface area contributed by atoms with Gasteiger partial charge in [0.25, 0.3) is 0 Å². The molecule has 0 fully saturated rings. The Morgan fingerprint density at radius 1 is 1.39 bits per heavy atom. The Balaban J connectivity index is 2.21. The lowest BCUT2D eigenvalue weighted by molar-refractivity contribution is 0.175. The maximum Gasteiger partial charge on any atom is 0.0881 e. The largest absolute Gasteiger partial charge is 0.388 e. The number of hydrogen-bond acceptors (Lipinski definition) is 3. The molecule has 0 saturated carbocycles. The lowest BCUT2D eigenvalue weighted by Gasteiger charge is -2.11. The molecule has 1 N–H and O–H groups in total. The molecule has 96 valence electrons. The highest BCUT2D eigenvalue weighted by atomic mass is 79.9. The first-order chi connectivity index (χ1) is 8.49. The van der Waals surface area contributed by atoms with Gasteiger partial charge in [0.1, 0.15) is 0 Å². The van der Waals surface area contributed by atoms with Crippen LogP contribution in [0.2, 0.25) is 0 Å². The molecule has 2 rings (SSSR count). The van der Waals surface area contributed by atoms with Crippen molar-refractivity contribution < 1.29 is 5.11 Å². The molecule has 2 heterocycles. The van der Waals surface area contributed by atoms with Crippen molar-refractivity contribution in [2.75, 3.05) is 0 Å². The van der Waals surface area contributed by atoms with Crippen LogP contribution < -0.4 is 0 Å². The Morgan fingerprint density at radius 2 is 2.11 bits per heavy atom. The fraction of sp³-hybridized carbons (Fsp3) is 0.385. The lowest BCUT2D eigenvalue weighted by Crippen LogP contribution is -2.06. The summed E-state index contributed by atoms with van der Waals surface area (Å²) in [6, 6.07) is 3.84. The first kappa shape index (κ1) is 13.2. The normalized spacial score (nSPS) is 12.7. The summed E-state index contributed by atoms with van der Waals surface area (Å²) in [6.07, 6.45) is 1.68. The zero-order chi connectivity index (χ0) is 13.3. The quantitative estimate of drug-likeness (QED) is 0.947. The van der Waals surface area contributed by atoms with Gasteiger partial charge in [0, 0.05) is 41.1 Å². The third kappa shape index (κ3) is 2.62. The van der Waals surface area contributed by atoms with E-state index in [4.69, 9.17) is 0 Å². The average molecular weight is 310 g/mol. The number of nitrogens with zero attached hydrogens (tertiary/aromatic N) is 3. The highest BCUT2D eigenvalue weighted by Crippen LogP contribution is 2.24. The van der Waals surface area contributed by atoms with E-state index in [1.54, 1.807) is 10.9 Å². The molecule has 1 unspecified atom stereocenters. The second kappa shape index (κ2) is 5.20. The minimum atomic E-state index is -0.563. The molecule has 2 aromatic rings. The number of pyridine rings is 1. The van der Waals surface area contributed by atoms with Crippen LogP contribution in [0.4, 0.5) is 0 Å². The van der Waals surface area contributed by atoms with Gasteiger partial charge >= 0.3 is 0 Å². The SMILES string of the molecule is Cc1nn(C)c(C)c1C(O)Cc1ccc(Br)cn1. The van der Waals surface area contributed by atoms with E-state index in [1.807, 2.05) is 33.0 Å². The molecular weight excluding hydrogens is 294 g/mol. The van der Waals surface area contributed by atoms with Crippen molar-refractivity contribution >= 4 is 15.9 Å². The number of hydrogen-bond donors (Lipinski definition) is 1. The molecule has 0 saturated heterocycles. The topological polar surface area (TPSA) is 50.9 Å². The predicted octanol–water partition coefficient (Wildman–Crippen LogP) is 2.47. The molecule has 0 bridgehead atoms. The molecule has 5 heteroatoms. The maximum atomic E-state index is 10.3. The molecule has 0 aliphatic carbocycles. The summed E-state index contributed by atoms with van der Waals surface area (Å²) in [5, 5.41) is 14.6. The van der Waals surface area contributed by atoms with Crippen LogP contribution in [0.15, 0.2) is 22.8 Å². The summed E-state index contributed by atoms with van der Waals surface area (Å²) < 4.78 is 2.73. The van der Waals surface area contributed by atoms with Gasteiger partial charge in [-0.1, -0.05) is 0 Å². The third-order valence-electron chi connectivity index (χ3n) is 3.09. The summed E-state index contributed by atoms with van der Waals surface area (Å²) >= 11 is 3.34. The van der Waals surface area contributed by atoms with Gasteiger partial charge in [0.2, 0.25) is 0 Å². The Kier molecular flexibility index (Phi) is 3.82. The minimum Gasteiger partial charge on any atom is -0.388 e. The van der Waals surface area contributed by atoms with Crippen LogP contribution in [0, 0.1) is 13.8 Å². The molecule has 1 atom stereocenters. The molecule has 0 aliphatic rings. The molecule has 0 radical (unpaired) electrons. The van der Waals surface area contributed by atoms with Crippen molar-refractivity contribution in [3.05, 3.63) is 45.4 Å². The Morgan fingerprint density at radius 3 is 2.61 bits per heavy atom. The molecule has 0 spiro atoms. The summed E-state index contributed by atoms with van der Waals surface area (Å²) in [5.41, 5.74) is 3.65. The number of aromatic nitrogens is 3. The van der Waals surface area contributed by atoms with Crippen LogP contribution in [0.1, 0.15) is 28.7 Å². The van der Waals surface area contributed by atoms with Crippen LogP contribution in [0.25, 0.3) is 0 Å². The van der Waals surface area contributed by atoms with E-state index in [9.17, 15) is 5.11 Å². The second-order valence-corrected chi connectivity index (χ2v) is 5.31. The first-order valence-corrected chi connectivity index (χ1v) is 6.57. The summed E-state index contributed by atoms with van der Waals surface area (Å²) in [6.45, 7) is 3.88. The lowest BCUT2D eigenvalue weighted by atomic mass is 10.0. The van der Waals surface area contributed by atoms with Gasteiger partial charge < -0.3 is 5.11 Å². The van der Waals surface area contributed by atoms with Gasteiger partial charge in [0.05, 0.1) is 11.8 Å². The monoisotopic (exact) mass is 309 g/mol. The highest BCUT2D eigenvalue weighted by Gasteiger charge is 2.18. The van der Waals surface area contributed by atoms with E-state index >= 15 is 0 Å². The van der Waals surface area contributed by atoms with Crippen LogP contribution in [0.3, 0.4) is 0 Å². The van der Waals surface area contributed by atoms with Gasteiger partial charge in [0.15, 0.2) is 0 Å². The average Bonchev–Trinajstić information content (AvgIpc) is 2.56. The Labute approximate surface area is 115 Å². The van der Waals surface area contributed by atoms with Crippen molar-refractivity contribution in [1.82, 2.24) is 14.8 Å². The molecule has 18 heavy (non-hydrogen) atoms. The van der Waals surface area contributed by atoms with Gasteiger partial charge in [-0.05, 0) is 41.9 Å². The minimum absolute atomic E-state index is 0.501. The molecule has 0 amide bonds. The van der Waals surface area contributed by atoms with Crippen LogP contribution in [-0.4, -0.2) is 19.9 Å². The van der Waals surface area contributed by atoms with E-state index < -0.39 is 6.10 Å². The third-order valence-corrected chi connectivity index (χ3v) is 3.56. The number of aliphatic hydroxyl groups excluding tert-OH is 1. The standard InChI is InChI=1S/C13H16BrN3O/c1-8-13(9(2)17(3)16-8)12(18)6-11-5-4-10(14)7-15-11/h4-5,7,12,18H,6H2,1-3H3. The van der Waals surface area contributed by atoms with Crippen molar-refractivity contribution in [3.63, 3.8) is 0 Å². The molecule has 2 aromatic heterocycles. The van der Waals surface area contributed by atoms with E-state index in [0.717, 1.165) is 27.1 Å². The van der Waals surface area contributed by atoms with E-state index in [2.05, 4.69) is 26.0 Å². The Hall–Kier alpha value is -1.20. The van der Waals surface area contributed by atoms with Crippen molar-refractivity contribution in [3.8, 4) is 0 Å². The Bertz CT molecular complexity index is 548. The molecular formula is C13H16BrN3O. The van der Waals surface area contributed by atoms with Crippen LogP contribution in [-0.2, 0) is 13.5 Å². The van der Waals surface area contributed by atoms with Crippen LogP contribution >= 0.6 is 15.9 Å². The van der Waals surface area contributed by atoms with Crippen molar-refractivity contribution in [1.29, 1.82) is 0 Å². The molecule has 0 aliphatic heterocycles. The van der Waals surface area contributed by atoms with E-state index in [0.29, 0.717) is 6.42 Å². The highest BCUT2D eigenvalue weighted by molar-refractivity contribution is 9.10. The van der Waals surface area contributed by atoms with Gasteiger partial charge in [-0.25, -0.2) is 0 Å². The maximum absolute atomic E-state index is 10.3. The number of halogens is 1. The van der Waals surface area contributed by atoms with Gasteiger partial charge in [-0.15, -0.1) is 0 Å². The fourth-order valence-corrected chi connectivity index (χ4v) is 2.33. The van der Waals surface area contributed by atoms with Crippen LogP contribution in [0.5, 0.6) is 0 Å².